The Bertz CT molecular complexity index is 1140. The first-order chi connectivity index (χ1) is 16.1. The number of aromatic nitrogens is 2. The van der Waals surface area contributed by atoms with Gasteiger partial charge in [0.2, 0.25) is 11.8 Å². The molecule has 3 aromatic rings. The van der Waals surface area contributed by atoms with Crippen LogP contribution in [-0.4, -0.2) is 52.9 Å². The predicted octanol–water partition coefficient (Wildman–Crippen LogP) is 2.38. The minimum atomic E-state index is -0.157. The molecule has 3 N–H and O–H groups in total. The minimum absolute atomic E-state index is 0.0532. The van der Waals surface area contributed by atoms with Crippen LogP contribution in [0.3, 0.4) is 0 Å². The molecule has 3 heterocycles. The van der Waals surface area contributed by atoms with E-state index in [0.29, 0.717) is 55.1 Å². The molecule has 2 aromatic heterocycles. The van der Waals surface area contributed by atoms with Crippen LogP contribution >= 0.6 is 11.3 Å². The summed E-state index contributed by atoms with van der Waals surface area (Å²) in [5, 5.41) is 7.87. The quantitative estimate of drug-likeness (QED) is 0.548. The summed E-state index contributed by atoms with van der Waals surface area (Å²) in [6, 6.07) is 12.0. The van der Waals surface area contributed by atoms with Crippen molar-refractivity contribution in [1.29, 1.82) is 0 Å². The maximum Gasteiger partial charge on any atom is 0.268 e. The summed E-state index contributed by atoms with van der Waals surface area (Å²) in [5.74, 6) is 0.746. The van der Waals surface area contributed by atoms with Gasteiger partial charge in [0.25, 0.3) is 5.56 Å². The van der Waals surface area contributed by atoms with Crippen molar-refractivity contribution in [3.8, 4) is 0 Å². The van der Waals surface area contributed by atoms with Crippen molar-refractivity contribution in [2.45, 2.75) is 38.1 Å². The second kappa shape index (κ2) is 11.2. The maximum absolute atomic E-state index is 12.7. The number of rotatable bonds is 3. The summed E-state index contributed by atoms with van der Waals surface area (Å²) in [6.07, 6.45) is 2.68. The van der Waals surface area contributed by atoms with E-state index in [1.807, 2.05) is 34.5 Å². The van der Waals surface area contributed by atoms with Gasteiger partial charge in [-0.05, 0) is 42.2 Å². The molecule has 2 amide bonds. The number of H-pyrrole nitrogens is 1. The largest absolute Gasteiger partial charge is 0.356 e. The topological polar surface area (TPSA) is 107 Å². The highest BCUT2D eigenvalue weighted by Gasteiger charge is 2.17. The molecule has 0 spiro atoms. The van der Waals surface area contributed by atoms with E-state index in [-0.39, 0.29) is 29.8 Å². The van der Waals surface area contributed by atoms with E-state index in [0.717, 1.165) is 12.8 Å². The minimum Gasteiger partial charge on any atom is -0.356 e. The Kier molecular flexibility index (Phi) is 7.85. The number of nitrogens with one attached hydrogen (secondary N) is 3. The van der Waals surface area contributed by atoms with Gasteiger partial charge in [-0.2, -0.15) is 0 Å². The van der Waals surface area contributed by atoms with Crippen molar-refractivity contribution in [2.75, 3.05) is 26.2 Å². The van der Waals surface area contributed by atoms with Crippen LogP contribution in [-0.2, 0) is 16.1 Å². The molecular formula is C24H29N5O3S. The Balaban J connectivity index is 1.44. The van der Waals surface area contributed by atoms with Gasteiger partial charge in [0.15, 0.2) is 0 Å². The van der Waals surface area contributed by atoms with Crippen LogP contribution in [0.25, 0.3) is 10.2 Å². The molecule has 1 aromatic carbocycles. The lowest BCUT2D eigenvalue weighted by Gasteiger charge is -2.23. The lowest BCUT2D eigenvalue weighted by atomic mass is 9.91. The van der Waals surface area contributed by atoms with Crippen LogP contribution in [0.2, 0.25) is 0 Å². The van der Waals surface area contributed by atoms with Crippen molar-refractivity contribution in [2.24, 2.45) is 0 Å². The summed E-state index contributed by atoms with van der Waals surface area (Å²) >= 11 is 1.36. The predicted molar refractivity (Wildman–Crippen MR) is 129 cm³/mol. The van der Waals surface area contributed by atoms with Crippen molar-refractivity contribution in [3.63, 3.8) is 0 Å². The van der Waals surface area contributed by atoms with E-state index in [2.05, 4.69) is 32.7 Å². The molecule has 8 nitrogen and oxygen atoms in total. The van der Waals surface area contributed by atoms with Crippen LogP contribution in [0.1, 0.15) is 43.0 Å². The van der Waals surface area contributed by atoms with Crippen LogP contribution in [0.5, 0.6) is 0 Å². The van der Waals surface area contributed by atoms with Gasteiger partial charge in [-0.3, -0.25) is 19.3 Å². The van der Waals surface area contributed by atoms with E-state index in [1.54, 1.807) is 0 Å². The fraction of sp³-hybridized carbons (Fsp3) is 0.417. The molecule has 33 heavy (non-hydrogen) atoms. The highest BCUT2D eigenvalue weighted by molar-refractivity contribution is 7.17. The van der Waals surface area contributed by atoms with Crippen molar-refractivity contribution >= 4 is 33.4 Å². The Hall–Kier alpha value is -3.04. The lowest BCUT2D eigenvalue weighted by Crippen LogP contribution is -2.39. The zero-order valence-corrected chi connectivity index (χ0v) is 19.3. The number of fused-ring (bicyclic) bond motifs is 1. The highest BCUT2D eigenvalue weighted by Crippen LogP contribution is 2.24. The third-order valence-corrected chi connectivity index (χ3v) is 6.79. The van der Waals surface area contributed by atoms with Gasteiger partial charge in [0.05, 0.1) is 18.6 Å². The fourth-order valence-corrected chi connectivity index (χ4v) is 4.92. The van der Waals surface area contributed by atoms with Gasteiger partial charge in [-0.1, -0.05) is 30.3 Å². The summed E-state index contributed by atoms with van der Waals surface area (Å²) in [7, 11) is 0. The molecule has 1 aliphatic heterocycles. The number of amides is 2. The molecule has 1 fully saturated rings. The summed E-state index contributed by atoms with van der Waals surface area (Å²) in [5.41, 5.74) is 1.70. The molecule has 174 valence electrons. The molecule has 1 atom stereocenters. The monoisotopic (exact) mass is 467 g/mol. The van der Waals surface area contributed by atoms with Crippen LogP contribution in [0.15, 0.2) is 46.6 Å². The number of hydrogen-bond donors (Lipinski definition) is 3. The molecule has 1 aliphatic rings. The van der Waals surface area contributed by atoms with Gasteiger partial charge in [0.1, 0.15) is 10.5 Å². The van der Waals surface area contributed by atoms with Crippen molar-refractivity contribution in [3.05, 3.63) is 63.5 Å². The molecule has 9 heteroatoms. The average molecular weight is 468 g/mol. The van der Waals surface area contributed by atoms with Crippen molar-refractivity contribution < 1.29 is 9.59 Å². The third kappa shape index (κ3) is 6.49. The number of thiophene rings is 1. The second-order valence-corrected chi connectivity index (χ2v) is 9.26. The Morgan fingerprint density at radius 2 is 1.82 bits per heavy atom. The highest BCUT2D eigenvalue weighted by atomic mass is 32.1. The van der Waals surface area contributed by atoms with Crippen LogP contribution < -0.4 is 16.2 Å². The molecule has 0 radical (unpaired) electrons. The molecule has 1 saturated heterocycles. The Morgan fingerprint density at radius 3 is 2.67 bits per heavy atom. The first-order valence-corrected chi connectivity index (χ1v) is 12.2. The van der Waals surface area contributed by atoms with Crippen LogP contribution in [0, 0.1) is 0 Å². The van der Waals surface area contributed by atoms with E-state index < -0.39 is 0 Å². The van der Waals surface area contributed by atoms with Gasteiger partial charge >= 0.3 is 0 Å². The molecule has 1 unspecified atom stereocenters. The van der Waals surface area contributed by atoms with E-state index in [1.165, 1.54) is 16.9 Å². The molecular weight excluding hydrogens is 438 g/mol. The third-order valence-electron chi connectivity index (χ3n) is 5.88. The van der Waals surface area contributed by atoms with Gasteiger partial charge < -0.3 is 15.6 Å². The SMILES string of the molecule is O=C1CCC(c2ccccc2)CCNC(=O)CN(Cc2nc3ccsc3c(=O)[nH]2)CCCN1. The number of hydrogen-bond acceptors (Lipinski definition) is 6. The van der Waals surface area contributed by atoms with E-state index in [9.17, 15) is 14.4 Å². The van der Waals surface area contributed by atoms with E-state index in [4.69, 9.17) is 0 Å². The number of carbonyl (C=O) groups excluding carboxylic acids is 2. The van der Waals surface area contributed by atoms with Gasteiger partial charge in [-0.15, -0.1) is 11.3 Å². The number of nitrogens with zero attached hydrogens (tertiary/aromatic N) is 2. The summed E-state index contributed by atoms with van der Waals surface area (Å²) < 4.78 is 0.605. The van der Waals surface area contributed by atoms with Gasteiger partial charge in [0, 0.05) is 26.1 Å². The first-order valence-electron chi connectivity index (χ1n) is 11.4. The number of carbonyl (C=O) groups is 2. The summed E-state index contributed by atoms with van der Waals surface area (Å²) in [4.78, 5) is 46.6. The molecule has 0 saturated carbocycles. The Morgan fingerprint density at radius 1 is 1.00 bits per heavy atom. The zero-order chi connectivity index (χ0) is 23.0. The summed E-state index contributed by atoms with van der Waals surface area (Å²) in [6.45, 7) is 2.25. The normalized spacial score (nSPS) is 19.6. The number of aromatic amines is 1. The van der Waals surface area contributed by atoms with Crippen molar-refractivity contribution in [1.82, 2.24) is 25.5 Å². The average Bonchev–Trinajstić information content (AvgIpc) is 3.28. The molecule has 0 bridgehead atoms. The lowest BCUT2D eigenvalue weighted by molar-refractivity contribution is -0.123. The van der Waals surface area contributed by atoms with Crippen LogP contribution in [0.4, 0.5) is 0 Å². The smallest absolute Gasteiger partial charge is 0.268 e. The maximum atomic E-state index is 12.7. The van der Waals surface area contributed by atoms with E-state index >= 15 is 0 Å². The zero-order valence-electron chi connectivity index (χ0n) is 18.5. The fourth-order valence-electron chi connectivity index (χ4n) is 4.19. The molecule has 0 aliphatic carbocycles. The Labute approximate surface area is 196 Å². The van der Waals surface area contributed by atoms with Gasteiger partial charge in [-0.25, -0.2) is 4.98 Å². The second-order valence-electron chi connectivity index (χ2n) is 8.35. The first kappa shape index (κ1) is 23.1. The molecule has 4 rings (SSSR count). The standard InChI is InChI=1S/C24H29N5O3S/c30-21-8-7-18(17-5-2-1-3-6-17)9-12-26-22(31)16-29(13-4-11-25-21)15-20-27-19-10-14-33-23(19)24(32)28-20/h1-3,5-6,10,14,18H,4,7-9,11-13,15-16H2,(H,25,30)(H,26,31)(H,27,28,32). The number of benzene rings is 1.